The fourth-order valence-electron chi connectivity index (χ4n) is 1.64. The van der Waals surface area contributed by atoms with E-state index in [0.717, 1.165) is 0 Å². The van der Waals surface area contributed by atoms with Crippen molar-refractivity contribution in [3.8, 4) is 0 Å². The minimum atomic E-state index is -0.982. The van der Waals surface area contributed by atoms with Gasteiger partial charge in [-0.1, -0.05) is 12.1 Å². The first-order valence-corrected chi connectivity index (χ1v) is 5.77. The molecule has 0 unspecified atom stereocenters. The molecule has 2 rings (SSSR count). The maximum atomic E-state index is 12.1. The van der Waals surface area contributed by atoms with Crippen LogP contribution in [0.4, 0.5) is 4.79 Å². The van der Waals surface area contributed by atoms with Crippen LogP contribution in [0.25, 0.3) is 10.9 Å². The van der Waals surface area contributed by atoms with Crippen LogP contribution in [0.1, 0.15) is 20.8 Å². The average Bonchev–Trinajstić information content (AvgIpc) is 2.26. The molecule has 0 aliphatic heterocycles. The molecule has 2 aromatic rings. The van der Waals surface area contributed by atoms with Crippen molar-refractivity contribution in [3.63, 3.8) is 0 Å². The van der Waals surface area contributed by atoms with E-state index in [-0.39, 0.29) is 5.39 Å². The minimum absolute atomic E-state index is 0.257. The lowest BCUT2D eigenvalue weighted by Gasteiger charge is -2.19. The molecule has 0 spiro atoms. The Labute approximate surface area is 108 Å². The number of fused-ring (bicyclic) bond motifs is 1. The van der Waals surface area contributed by atoms with E-state index in [1.165, 1.54) is 6.07 Å². The average molecular weight is 262 g/mol. The Hall–Kier alpha value is -2.37. The number of aromatic nitrogens is 2. The molecule has 0 amide bonds. The summed E-state index contributed by atoms with van der Waals surface area (Å²) < 4.78 is 5.50. The molecule has 0 atom stereocenters. The molecule has 0 bridgehead atoms. The van der Waals surface area contributed by atoms with Crippen molar-refractivity contribution in [1.29, 1.82) is 0 Å². The molecule has 0 aliphatic rings. The number of benzene rings is 1. The van der Waals surface area contributed by atoms with Gasteiger partial charge in [0.2, 0.25) is 0 Å². The number of carbonyl (C=O) groups excluding carboxylic acids is 1. The van der Waals surface area contributed by atoms with Crippen molar-refractivity contribution >= 4 is 17.0 Å². The van der Waals surface area contributed by atoms with Gasteiger partial charge < -0.3 is 9.72 Å². The van der Waals surface area contributed by atoms with Crippen LogP contribution >= 0.6 is 0 Å². The number of nitrogens with zero attached hydrogens (tertiary/aromatic N) is 1. The number of para-hydroxylation sites is 1. The van der Waals surface area contributed by atoms with Gasteiger partial charge in [0, 0.05) is 0 Å². The first-order valence-electron chi connectivity index (χ1n) is 5.77. The predicted octanol–water partition coefficient (Wildman–Crippen LogP) is 1.47. The van der Waals surface area contributed by atoms with Gasteiger partial charge in [-0.25, -0.2) is 9.59 Å². The molecule has 0 saturated heterocycles. The van der Waals surface area contributed by atoms with Crippen LogP contribution in [-0.2, 0) is 4.74 Å². The summed E-state index contributed by atoms with van der Waals surface area (Å²) in [6.07, 6.45) is -0.982. The zero-order valence-corrected chi connectivity index (χ0v) is 10.9. The second-order valence-electron chi connectivity index (χ2n) is 5.10. The highest BCUT2D eigenvalue weighted by Gasteiger charge is 2.21. The highest BCUT2D eigenvalue weighted by molar-refractivity contribution is 5.80. The number of ether oxygens (including phenoxy) is 1. The first kappa shape index (κ1) is 13.1. The second kappa shape index (κ2) is 4.38. The third-order valence-corrected chi connectivity index (χ3v) is 2.38. The summed E-state index contributed by atoms with van der Waals surface area (Å²) >= 11 is 0. The van der Waals surface area contributed by atoms with Gasteiger partial charge in [-0.3, -0.25) is 4.79 Å². The van der Waals surface area contributed by atoms with Gasteiger partial charge in [0.25, 0.3) is 5.56 Å². The standard InChI is InChI=1S/C13H14N2O4/c1-13(2,3)19-12(18)15-10(16)8-6-4-5-7-9(8)14-11(15)17/h4-7H,1-3H3,(H,14,17). The number of nitrogens with one attached hydrogen (secondary N) is 1. The quantitative estimate of drug-likeness (QED) is 0.779. The van der Waals surface area contributed by atoms with E-state index in [1.807, 2.05) is 0 Å². The number of hydrogen-bond donors (Lipinski definition) is 1. The number of rotatable bonds is 0. The van der Waals surface area contributed by atoms with Gasteiger partial charge in [-0.15, -0.1) is 0 Å². The van der Waals surface area contributed by atoms with Crippen molar-refractivity contribution in [2.75, 3.05) is 0 Å². The van der Waals surface area contributed by atoms with Crippen LogP contribution in [-0.4, -0.2) is 21.2 Å². The summed E-state index contributed by atoms with van der Waals surface area (Å²) in [4.78, 5) is 38.2. The molecule has 19 heavy (non-hydrogen) atoms. The molecular weight excluding hydrogens is 248 g/mol. The van der Waals surface area contributed by atoms with E-state index >= 15 is 0 Å². The van der Waals surface area contributed by atoms with Gasteiger partial charge in [0.05, 0.1) is 10.9 Å². The molecule has 1 heterocycles. The fourth-order valence-corrected chi connectivity index (χ4v) is 1.64. The zero-order valence-electron chi connectivity index (χ0n) is 10.9. The fraction of sp³-hybridized carbons (Fsp3) is 0.308. The highest BCUT2D eigenvalue weighted by Crippen LogP contribution is 2.08. The molecular formula is C13H14N2O4. The topological polar surface area (TPSA) is 81.2 Å². The summed E-state index contributed by atoms with van der Waals surface area (Å²) in [5, 5.41) is 0.257. The van der Waals surface area contributed by atoms with Crippen molar-refractivity contribution in [2.24, 2.45) is 0 Å². The summed E-state index contributed by atoms with van der Waals surface area (Å²) in [7, 11) is 0. The van der Waals surface area contributed by atoms with Crippen LogP contribution in [0.3, 0.4) is 0 Å². The number of H-pyrrole nitrogens is 1. The Balaban J connectivity index is 2.65. The number of carbonyl (C=O) groups is 1. The summed E-state index contributed by atoms with van der Waals surface area (Å²) in [5.41, 5.74) is -1.89. The molecule has 1 aromatic carbocycles. The SMILES string of the molecule is CC(C)(C)OC(=O)n1c(=O)[nH]c2ccccc2c1=O. The Morgan fingerprint density at radius 3 is 2.47 bits per heavy atom. The van der Waals surface area contributed by atoms with E-state index in [4.69, 9.17) is 4.74 Å². The molecule has 6 heteroatoms. The van der Waals surface area contributed by atoms with Gasteiger partial charge in [0.1, 0.15) is 5.60 Å². The van der Waals surface area contributed by atoms with E-state index in [1.54, 1.807) is 39.0 Å². The largest absolute Gasteiger partial charge is 0.443 e. The van der Waals surface area contributed by atoms with E-state index in [2.05, 4.69) is 4.98 Å². The molecule has 100 valence electrons. The summed E-state index contributed by atoms with van der Waals surface area (Å²) in [6, 6.07) is 6.48. The van der Waals surface area contributed by atoms with Gasteiger partial charge in [0.15, 0.2) is 0 Å². The molecule has 1 N–H and O–H groups in total. The van der Waals surface area contributed by atoms with Crippen LogP contribution < -0.4 is 11.2 Å². The Bertz CT molecular complexity index is 750. The van der Waals surface area contributed by atoms with Gasteiger partial charge >= 0.3 is 11.8 Å². The molecule has 6 nitrogen and oxygen atoms in total. The summed E-state index contributed by atoms with van der Waals surface area (Å²) in [6.45, 7) is 4.97. The molecule has 0 radical (unpaired) electrons. The van der Waals surface area contributed by atoms with Gasteiger partial charge in [-0.2, -0.15) is 4.57 Å². The smallest absolute Gasteiger partial charge is 0.425 e. The minimum Gasteiger partial charge on any atom is -0.443 e. The molecule has 0 saturated carbocycles. The van der Waals surface area contributed by atoms with E-state index in [0.29, 0.717) is 10.1 Å². The van der Waals surface area contributed by atoms with Crippen LogP contribution in [0.5, 0.6) is 0 Å². The van der Waals surface area contributed by atoms with Crippen molar-refractivity contribution in [2.45, 2.75) is 26.4 Å². The third kappa shape index (κ3) is 2.57. The third-order valence-electron chi connectivity index (χ3n) is 2.38. The highest BCUT2D eigenvalue weighted by atomic mass is 16.6. The first-order chi connectivity index (χ1) is 8.79. The van der Waals surface area contributed by atoms with Crippen molar-refractivity contribution in [3.05, 3.63) is 45.1 Å². The Kier molecular flexibility index (Phi) is 3.01. The maximum absolute atomic E-state index is 12.1. The zero-order chi connectivity index (χ0) is 14.2. The number of aromatic amines is 1. The lowest BCUT2D eigenvalue weighted by Crippen LogP contribution is -2.42. The van der Waals surface area contributed by atoms with Crippen molar-refractivity contribution < 1.29 is 9.53 Å². The van der Waals surface area contributed by atoms with Crippen LogP contribution in [0.15, 0.2) is 33.9 Å². The van der Waals surface area contributed by atoms with Crippen LogP contribution in [0, 0.1) is 0 Å². The normalized spacial score (nSPS) is 11.5. The molecule has 0 fully saturated rings. The molecule has 0 aliphatic carbocycles. The maximum Gasteiger partial charge on any atom is 0.425 e. The van der Waals surface area contributed by atoms with E-state index < -0.39 is 22.9 Å². The van der Waals surface area contributed by atoms with E-state index in [9.17, 15) is 14.4 Å². The van der Waals surface area contributed by atoms with Crippen LogP contribution in [0.2, 0.25) is 0 Å². The Morgan fingerprint density at radius 1 is 1.21 bits per heavy atom. The lowest BCUT2D eigenvalue weighted by atomic mass is 10.2. The lowest BCUT2D eigenvalue weighted by molar-refractivity contribution is 0.0524. The van der Waals surface area contributed by atoms with Crippen molar-refractivity contribution in [1.82, 2.24) is 9.55 Å². The predicted molar refractivity (Wildman–Crippen MR) is 70.5 cm³/mol. The molecule has 1 aromatic heterocycles. The number of hydrogen-bond acceptors (Lipinski definition) is 4. The Morgan fingerprint density at radius 2 is 1.84 bits per heavy atom. The van der Waals surface area contributed by atoms with Gasteiger partial charge in [-0.05, 0) is 32.9 Å². The summed E-state index contributed by atoms with van der Waals surface area (Å²) in [5.74, 6) is 0. The second-order valence-corrected chi connectivity index (χ2v) is 5.10. The monoisotopic (exact) mass is 262 g/mol.